The summed E-state index contributed by atoms with van der Waals surface area (Å²) in [4.78, 5) is 16.9. The molecule has 0 aliphatic heterocycles. The topological polar surface area (TPSA) is 39.2 Å². The van der Waals surface area contributed by atoms with E-state index in [1.165, 1.54) is 24.5 Å². The number of halogens is 1. The Bertz CT molecular complexity index is 651. The van der Waals surface area contributed by atoms with Gasteiger partial charge in [-0.25, -0.2) is 9.37 Å². The molecule has 3 rings (SSSR count). The van der Waals surface area contributed by atoms with E-state index in [-0.39, 0.29) is 11.6 Å². The zero-order chi connectivity index (χ0) is 13.4. The van der Waals surface area contributed by atoms with E-state index in [0.29, 0.717) is 27.6 Å². The van der Waals surface area contributed by atoms with Crippen LogP contribution in [0.1, 0.15) is 28.2 Å². The number of hydrogen-bond donors (Lipinski definition) is 0. The lowest BCUT2D eigenvalue weighted by molar-refractivity contribution is 0.0976. The maximum Gasteiger partial charge on any atom is 0.174 e. The summed E-state index contributed by atoms with van der Waals surface area (Å²) in [6.45, 7) is 0. The third kappa shape index (κ3) is 2.04. The summed E-state index contributed by atoms with van der Waals surface area (Å²) in [6.07, 6.45) is 2.17. The molecule has 98 valence electrons. The van der Waals surface area contributed by atoms with Crippen LogP contribution in [0.4, 0.5) is 4.39 Å². The molecule has 1 aromatic heterocycles. The molecule has 0 radical (unpaired) electrons. The van der Waals surface area contributed by atoms with Gasteiger partial charge in [-0.2, -0.15) is 0 Å². The maximum atomic E-state index is 14.0. The molecule has 0 saturated heterocycles. The van der Waals surface area contributed by atoms with E-state index in [4.69, 9.17) is 4.74 Å². The molecular weight excluding hydrogens is 265 g/mol. The number of hydrogen-bond acceptors (Lipinski definition) is 4. The van der Waals surface area contributed by atoms with Crippen molar-refractivity contribution < 1.29 is 13.9 Å². The van der Waals surface area contributed by atoms with Crippen LogP contribution in [0, 0.1) is 5.82 Å². The lowest BCUT2D eigenvalue weighted by Gasteiger charge is -2.06. The van der Waals surface area contributed by atoms with Crippen molar-refractivity contribution in [3.8, 4) is 16.3 Å². The van der Waals surface area contributed by atoms with Crippen LogP contribution in [0.5, 0.6) is 5.75 Å². The van der Waals surface area contributed by atoms with Gasteiger partial charge in [0.05, 0.1) is 23.2 Å². The number of ether oxygens (including phenoxy) is 1. The predicted octanol–water partition coefficient (Wildman–Crippen LogP) is 3.48. The van der Waals surface area contributed by atoms with Crippen LogP contribution in [0.15, 0.2) is 18.2 Å². The van der Waals surface area contributed by atoms with Crippen LogP contribution >= 0.6 is 11.3 Å². The summed E-state index contributed by atoms with van der Waals surface area (Å²) >= 11 is 1.26. The Labute approximate surface area is 114 Å². The first kappa shape index (κ1) is 12.3. The number of aryl methyl sites for hydroxylation is 1. The Morgan fingerprint density at radius 3 is 2.95 bits per heavy atom. The Hall–Kier alpha value is -1.75. The minimum Gasteiger partial charge on any atom is -0.496 e. The second-order valence-electron chi connectivity index (χ2n) is 4.39. The van der Waals surface area contributed by atoms with E-state index in [0.717, 1.165) is 18.5 Å². The van der Waals surface area contributed by atoms with E-state index >= 15 is 0 Å². The standard InChI is InChI=1S/C14H12FNO2S/c1-18-11-7-2-4-8(15)12(11)14-16-9-5-3-6-10(17)13(9)19-14/h2,4,7H,3,5-6H2,1H3. The van der Waals surface area contributed by atoms with Gasteiger partial charge in [0.15, 0.2) is 5.78 Å². The molecule has 0 spiro atoms. The van der Waals surface area contributed by atoms with Crippen molar-refractivity contribution in [2.45, 2.75) is 19.3 Å². The van der Waals surface area contributed by atoms with Crippen molar-refractivity contribution in [1.82, 2.24) is 4.98 Å². The first-order chi connectivity index (χ1) is 9.20. The third-order valence-corrected chi connectivity index (χ3v) is 4.33. The average molecular weight is 277 g/mol. The number of fused-ring (bicyclic) bond motifs is 1. The van der Waals surface area contributed by atoms with Crippen molar-refractivity contribution in [3.05, 3.63) is 34.6 Å². The first-order valence-electron chi connectivity index (χ1n) is 6.06. The molecule has 3 nitrogen and oxygen atoms in total. The molecule has 0 atom stereocenters. The summed E-state index contributed by atoms with van der Waals surface area (Å²) in [6, 6.07) is 4.66. The number of thiazole rings is 1. The normalized spacial score (nSPS) is 14.3. The highest BCUT2D eigenvalue weighted by Crippen LogP contribution is 2.38. The summed E-state index contributed by atoms with van der Waals surface area (Å²) in [5.41, 5.74) is 1.14. The van der Waals surface area contributed by atoms with Gasteiger partial charge in [-0.1, -0.05) is 6.07 Å². The van der Waals surface area contributed by atoms with E-state index in [2.05, 4.69) is 4.98 Å². The SMILES string of the molecule is COc1cccc(F)c1-c1nc2c(s1)C(=O)CCC2. The van der Waals surface area contributed by atoms with E-state index < -0.39 is 0 Å². The Morgan fingerprint density at radius 1 is 1.37 bits per heavy atom. The fourth-order valence-electron chi connectivity index (χ4n) is 2.26. The number of Topliss-reactive ketones (excluding diaryl/α,β-unsaturated/α-hetero) is 1. The molecule has 1 aliphatic carbocycles. The van der Waals surface area contributed by atoms with Gasteiger partial charge in [-0.05, 0) is 25.0 Å². The highest BCUT2D eigenvalue weighted by Gasteiger charge is 2.24. The molecule has 1 heterocycles. The summed E-state index contributed by atoms with van der Waals surface area (Å²) < 4.78 is 19.2. The number of carbonyl (C=O) groups is 1. The second-order valence-corrected chi connectivity index (χ2v) is 5.39. The molecular formula is C14H12FNO2S. The molecule has 0 saturated carbocycles. The molecule has 0 amide bonds. The van der Waals surface area contributed by atoms with Gasteiger partial charge < -0.3 is 4.74 Å². The van der Waals surface area contributed by atoms with Crippen LogP contribution in [0.2, 0.25) is 0 Å². The number of methoxy groups -OCH3 is 1. The molecule has 19 heavy (non-hydrogen) atoms. The molecule has 0 N–H and O–H groups in total. The zero-order valence-corrected chi connectivity index (χ0v) is 11.2. The predicted molar refractivity (Wildman–Crippen MR) is 71.3 cm³/mol. The highest BCUT2D eigenvalue weighted by atomic mass is 32.1. The van der Waals surface area contributed by atoms with E-state index in [1.54, 1.807) is 12.1 Å². The maximum absolute atomic E-state index is 14.0. The van der Waals surface area contributed by atoms with Crippen LogP contribution < -0.4 is 4.74 Å². The first-order valence-corrected chi connectivity index (χ1v) is 6.88. The number of nitrogens with zero attached hydrogens (tertiary/aromatic N) is 1. The molecule has 5 heteroatoms. The van der Waals surface area contributed by atoms with Gasteiger partial charge in [0, 0.05) is 6.42 Å². The van der Waals surface area contributed by atoms with Crippen molar-refractivity contribution in [2.75, 3.05) is 7.11 Å². The quantitative estimate of drug-likeness (QED) is 0.843. The summed E-state index contributed by atoms with van der Waals surface area (Å²) in [7, 11) is 1.50. The van der Waals surface area contributed by atoms with Gasteiger partial charge >= 0.3 is 0 Å². The van der Waals surface area contributed by atoms with Gasteiger partial charge in [-0.15, -0.1) is 11.3 Å². The molecule has 0 fully saturated rings. The van der Waals surface area contributed by atoms with E-state index in [9.17, 15) is 9.18 Å². The van der Waals surface area contributed by atoms with Gasteiger partial charge in [0.1, 0.15) is 16.6 Å². The molecule has 1 aliphatic rings. The Balaban J connectivity index is 2.16. The Kier molecular flexibility index (Phi) is 3.06. The number of rotatable bonds is 2. The van der Waals surface area contributed by atoms with Gasteiger partial charge in [0.2, 0.25) is 0 Å². The fourth-order valence-corrected chi connectivity index (χ4v) is 3.39. The number of carbonyl (C=O) groups excluding carboxylic acids is 1. The fraction of sp³-hybridized carbons (Fsp3) is 0.286. The van der Waals surface area contributed by atoms with Crippen LogP contribution in [0.3, 0.4) is 0 Å². The van der Waals surface area contributed by atoms with Gasteiger partial charge in [-0.3, -0.25) is 4.79 Å². The highest BCUT2D eigenvalue weighted by molar-refractivity contribution is 7.17. The van der Waals surface area contributed by atoms with Crippen molar-refractivity contribution in [1.29, 1.82) is 0 Å². The minimum atomic E-state index is -0.377. The smallest absolute Gasteiger partial charge is 0.174 e. The van der Waals surface area contributed by atoms with Crippen molar-refractivity contribution in [3.63, 3.8) is 0 Å². The zero-order valence-electron chi connectivity index (χ0n) is 10.4. The monoisotopic (exact) mass is 277 g/mol. The lowest BCUT2D eigenvalue weighted by atomic mass is 10.0. The number of ketones is 1. The van der Waals surface area contributed by atoms with E-state index in [1.807, 2.05) is 0 Å². The average Bonchev–Trinajstić information content (AvgIpc) is 2.83. The Morgan fingerprint density at radius 2 is 2.21 bits per heavy atom. The largest absolute Gasteiger partial charge is 0.496 e. The minimum absolute atomic E-state index is 0.111. The molecule has 1 aromatic carbocycles. The van der Waals surface area contributed by atoms with Crippen LogP contribution in [-0.4, -0.2) is 17.9 Å². The summed E-state index contributed by atoms with van der Waals surface area (Å²) in [5.74, 6) is 0.178. The second kappa shape index (κ2) is 4.74. The number of aromatic nitrogens is 1. The van der Waals surface area contributed by atoms with Crippen LogP contribution in [-0.2, 0) is 6.42 Å². The molecule has 0 bridgehead atoms. The third-order valence-electron chi connectivity index (χ3n) is 3.18. The van der Waals surface area contributed by atoms with Crippen molar-refractivity contribution >= 4 is 17.1 Å². The summed E-state index contributed by atoms with van der Waals surface area (Å²) in [5, 5.41) is 0.523. The lowest BCUT2D eigenvalue weighted by Crippen LogP contribution is -2.07. The molecule has 0 unspecified atom stereocenters. The van der Waals surface area contributed by atoms with Gasteiger partial charge in [0.25, 0.3) is 0 Å². The van der Waals surface area contributed by atoms with Crippen LogP contribution in [0.25, 0.3) is 10.6 Å². The molecule has 2 aromatic rings. The number of benzene rings is 1. The van der Waals surface area contributed by atoms with Crippen molar-refractivity contribution in [2.24, 2.45) is 0 Å².